The van der Waals surface area contributed by atoms with Crippen LogP contribution in [0.25, 0.3) is 0 Å². The summed E-state index contributed by atoms with van der Waals surface area (Å²) in [7, 11) is 1.26. The van der Waals surface area contributed by atoms with Crippen molar-refractivity contribution in [2.24, 2.45) is 11.5 Å². The van der Waals surface area contributed by atoms with Gasteiger partial charge in [-0.25, -0.2) is 14.8 Å². The Bertz CT molecular complexity index is 1070. The summed E-state index contributed by atoms with van der Waals surface area (Å²) in [5.74, 6) is 0.853. The predicted molar refractivity (Wildman–Crippen MR) is 139 cm³/mol. The number of nitrogens with two attached hydrogens (primary N) is 2. The number of carbonyl (C=O) groups is 2. The Hall–Kier alpha value is -3.28. The van der Waals surface area contributed by atoms with Crippen LogP contribution in [-0.2, 0) is 6.18 Å². The van der Waals surface area contributed by atoms with Crippen LogP contribution in [0, 0.1) is 0 Å². The molecule has 3 amide bonds. The number of primary amides is 2. The summed E-state index contributed by atoms with van der Waals surface area (Å²) in [5.41, 5.74) is 9.59. The second-order valence-electron chi connectivity index (χ2n) is 8.35. The van der Waals surface area contributed by atoms with E-state index in [0.29, 0.717) is 11.9 Å². The largest absolute Gasteiger partial charge is 0.416 e. The number of hydrogen-bond acceptors (Lipinski definition) is 6. The van der Waals surface area contributed by atoms with Crippen molar-refractivity contribution in [2.45, 2.75) is 58.2 Å². The summed E-state index contributed by atoms with van der Waals surface area (Å²) in [6.07, 6.45) is 3.02. The molecule has 9 nitrogen and oxygen atoms in total. The lowest BCUT2D eigenvalue weighted by molar-refractivity contribution is -0.137. The predicted octanol–water partition coefficient (Wildman–Crippen LogP) is 5.04. The first-order chi connectivity index (χ1) is 17.5. The van der Waals surface area contributed by atoms with Gasteiger partial charge >= 0.3 is 12.2 Å². The Morgan fingerprint density at radius 3 is 2.24 bits per heavy atom. The van der Waals surface area contributed by atoms with Crippen LogP contribution < -0.4 is 26.6 Å². The Balaban J connectivity index is 0.000000248. The fraction of sp³-hybridized carbons (Fsp3) is 0.500. The van der Waals surface area contributed by atoms with Gasteiger partial charge in [0.1, 0.15) is 5.82 Å². The average molecular weight is 544 g/mol. The lowest BCUT2D eigenvalue weighted by Crippen LogP contribution is -2.31. The van der Waals surface area contributed by atoms with Gasteiger partial charge in [-0.2, -0.15) is 13.2 Å². The highest BCUT2D eigenvalue weighted by atomic mass is 35.5. The molecule has 1 saturated heterocycles. The number of halogens is 4. The number of benzene rings is 1. The molecule has 13 heteroatoms. The van der Waals surface area contributed by atoms with Crippen LogP contribution in [0.1, 0.15) is 62.0 Å². The van der Waals surface area contributed by atoms with Gasteiger partial charge in [-0.1, -0.05) is 25.4 Å². The smallest absolute Gasteiger partial charge is 0.365 e. The summed E-state index contributed by atoms with van der Waals surface area (Å²) in [6.45, 7) is 6.01. The molecule has 2 heterocycles. The molecule has 0 atom stereocenters. The summed E-state index contributed by atoms with van der Waals surface area (Å²) >= 11 is 5.53. The number of piperidine rings is 1. The molecule has 1 aromatic heterocycles. The molecule has 1 aromatic carbocycles. The fourth-order valence-corrected chi connectivity index (χ4v) is 3.65. The highest BCUT2D eigenvalue weighted by molar-refractivity contribution is 6.31. The molecule has 2 fully saturated rings. The molecule has 37 heavy (non-hydrogen) atoms. The summed E-state index contributed by atoms with van der Waals surface area (Å²) < 4.78 is 37.3. The van der Waals surface area contributed by atoms with Crippen molar-refractivity contribution in [3.63, 3.8) is 0 Å². The van der Waals surface area contributed by atoms with Crippen molar-refractivity contribution in [2.75, 3.05) is 35.3 Å². The van der Waals surface area contributed by atoms with Gasteiger partial charge < -0.3 is 21.7 Å². The van der Waals surface area contributed by atoms with E-state index in [4.69, 9.17) is 23.1 Å². The van der Waals surface area contributed by atoms with Crippen LogP contribution in [0.2, 0.25) is 5.02 Å². The van der Waals surface area contributed by atoms with E-state index in [1.165, 1.54) is 32.4 Å². The SMILES string of the molecule is CC.CN(C(N)=O)c1cc(Cl)cc(C(F)(F)F)c1.NC(=O)c1ncc(N2CCCCC2)nc1NC1CC1. The van der Waals surface area contributed by atoms with E-state index in [1.807, 2.05) is 13.8 Å². The highest BCUT2D eigenvalue weighted by Gasteiger charge is 2.31. The van der Waals surface area contributed by atoms with Gasteiger partial charge in [0, 0.05) is 36.9 Å². The van der Waals surface area contributed by atoms with Crippen LogP contribution in [0.4, 0.5) is 35.3 Å². The summed E-state index contributed by atoms with van der Waals surface area (Å²) in [4.78, 5) is 34.0. The highest BCUT2D eigenvalue weighted by Crippen LogP contribution is 2.34. The molecule has 2 aliphatic rings. The number of anilines is 3. The number of nitrogens with zero attached hydrogens (tertiary/aromatic N) is 4. The molecule has 1 aliphatic carbocycles. The average Bonchev–Trinajstić information content (AvgIpc) is 3.68. The second-order valence-corrected chi connectivity index (χ2v) is 8.79. The van der Waals surface area contributed by atoms with E-state index in [0.717, 1.165) is 48.8 Å². The first-order valence-electron chi connectivity index (χ1n) is 12.0. The molecular weight excluding hydrogens is 511 g/mol. The first-order valence-corrected chi connectivity index (χ1v) is 12.4. The van der Waals surface area contributed by atoms with Crippen LogP contribution in [0.5, 0.6) is 0 Å². The van der Waals surface area contributed by atoms with Gasteiger partial charge in [-0.15, -0.1) is 0 Å². The quantitative estimate of drug-likeness (QED) is 0.484. The van der Waals surface area contributed by atoms with Gasteiger partial charge in [0.15, 0.2) is 11.5 Å². The maximum Gasteiger partial charge on any atom is 0.416 e. The Labute approximate surface area is 219 Å². The van der Waals surface area contributed by atoms with E-state index in [-0.39, 0.29) is 16.4 Å². The van der Waals surface area contributed by atoms with E-state index in [2.05, 4.69) is 20.2 Å². The number of amides is 3. The monoisotopic (exact) mass is 543 g/mol. The first kappa shape index (κ1) is 29.9. The molecule has 0 bridgehead atoms. The Kier molecular flexibility index (Phi) is 10.8. The molecule has 5 N–H and O–H groups in total. The minimum Gasteiger partial charge on any atom is -0.365 e. The fourth-order valence-electron chi connectivity index (χ4n) is 3.42. The topological polar surface area (TPSA) is 130 Å². The molecule has 0 spiro atoms. The molecule has 204 valence electrons. The van der Waals surface area contributed by atoms with Crippen LogP contribution in [0.3, 0.4) is 0 Å². The van der Waals surface area contributed by atoms with Crippen molar-refractivity contribution in [3.05, 3.63) is 40.7 Å². The van der Waals surface area contributed by atoms with Crippen molar-refractivity contribution in [1.29, 1.82) is 0 Å². The molecule has 2 aromatic rings. The maximum absolute atomic E-state index is 12.4. The zero-order valence-electron chi connectivity index (χ0n) is 21.1. The number of hydrogen-bond donors (Lipinski definition) is 3. The molecule has 0 radical (unpaired) electrons. The number of aromatic nitrogens is 2. The van der Waals surface area contributed by atoms with Crippen LogP contribution in [-0.4, -0.2) is 48.1 Å². The van der Waals surface area contributed by atoms with Crippen molar-refractivity contribution in [1.82, 2.24) is 9.97 Å². The molecular formula is C24H33ClF3N7O2. The number of rotatable bonds is 5. The number of alkyl halides is 3. The lowest BCUT2D eigenvalue weighted by atomic mass is 10.1. The van der Waals surface area contributed by atoms with Crippen LogP contribution in [0.15, 0.2) is 24.4 Å². The molecule has 0 unspecified atom stereocenters. The zero-order valence-corrected chi connectivity index (χ0v) is 21.9. The number of carbonyl (C=O) groups excluding carboxylic acids is 2. The molecule has 4 rings (SSSR count). The minimum absolute atomic E-state index is 0.00711. The van der Waals surface area contributed by atoms with Gasteiger partial charge in [-0.05, 0) is 50.3 Å². The van der Waals surface area contributed by atoms with E-state index < -0.39 is 23.7 Å². The van der Waals surface area contributed by atoms with E-state index in [1.54, 1.807) is 6.20 Å². The summed E-state index contributed by atoms with van der Waals surface area (Å²) in [6, 6.07) is 2.36. The van der Waals surface area contributed by atoms with E-state index in [9.17, 15) is 22.8 Å². The second kappa shape index (κ2) is 13.3. The molecule has 1 aliphatic heterocycles. The zero-order chi connectivity index (χ0) is 27.8. The van der Waals surface area contributed by atoms with Crippen molar-refractivity contribution < 1.29 is 22.8 Å². The summed E-state index contributed by atoms with van der Waals surface area (Å²) in [5, 5.41) is 3.13. The Morgan fingerprint density at radius 2 is 1.73 bits per heavy atom. The van der Waals surface area contributed by atoms with Crippen LogP contribution >= 0.6 is 11.6 Å². The third-order valence-electron chi connectivity index (χ3n) is 5.52. The number of urea groups is 1. The minimum atomic E-state index is -4.52. The third kappa shape index (κ3) is 8.96. The Morgan fingerprint density at radius 1 is 1.11 bits per heavy atom. The lowest BCUT2D eigenvalue weighted by Gasteiger charge is -2.27. The van der Waals surface area contributed by atoms with Crippen molar-refractivity contribution >= 4 is 40.9 Å². The standard InChI is InChI=1S/C13H19N5O.C9H8ClF3N2O.C2H6/c14-12(19)11-13(16-9-4-5-9)17-10(8-15-11)18-6-2-1-3-7-18;1-15(8(14)16)7-3-5(9(11,12)13)2-6(10)4-7;1-2/h8-9H,1-7H2,(H2,14,19)(H,16,17);2-4H,1H3,(H2,14,16);1-2H3. The van der Waals surface area contributed by atoms with Gasteiger partial charge in [0.2, 0.25) is 0 Å². The van der Waals surface area contributed by atoms with Crippen molar-refractivity contribution in [3.8, 4) is 0 Å². The maximum atomic E-state index is 12.4. The van der Waals surface area contributed by atoms with Gasteiger partial charge in [0.05, 0.1) is 11.8 Å². The van der Waals surface area contributed by atoms with E-state index >= 15 is 0 Å². The molecule has 1 saturated carbocycles. The van der Waals surface area contributed by atoms with Gasteiger partial charge in [-0.3, -0.25) is 9.69 Å². The number of nitrogens with one attached hydrogen (secondary N) is 1. The third-order valence-corrected chi connectivity index (χ3v) is 5.74. The van der Waals surface area contributed by atoms with Gasteiger partial charge in [0.25, 0.3) is 5.91 Å². The normalized spacial score (nSPS) is 14.9.